The van der Waals surface area contributed by atoms with Crippen molar-refractivity contribution in [3.8, 4) is 0 Å². The highest BCUT2D eigenvalue weighted by Gasteiger charge is 2.63. The smallest absolute Gasteiger partial charge is 0.311 e. The van der Waals surface area contributed by atoms with Crippen molar-refractivity contribution in [1.29, 1.82) is 0 Å². The zero-order valence-corrected chi connectivity index (χ0v) is 34.2. The van der Waals surface area contributed by atoms with Crippen molar-refractivity contribution in [3.05, 3.63) is 0 Å². The van der Waals surface area contributed by atoms with Gasteiger partial charge in [-0.05, 0) is 71.6 Å². The van der Waals surface area contributed by atoms with E-state index in [-0.39, 0.29) is 59.9 Å². The van der Waals surface area contributed by atoms with Crippen molar-refractivity contribution in [1.82, 2.24) is 0 Å². The maximum absolute atomic E-state index is 12.1. The fourth-order valence-electron chi connectivity index (χ4n) is 11.3. The highest BCUT2D eigenvalue weighted by Crippen LogP contribution is 2.55. The van der Waals surface area contributed by atoms with Crippen LogP contribution in [-0.4, -0.2) is 111 Å². The maximum Gasteiger partial charge on any atom is 0.311 e. The van der Waals surface area contributed by atoms with Crippen molar-refractivity contribution in [2.75, 3.05) is 7.11 Å². The van der Waals surface area contributed by atoms with Crippen LogP contribution < -0.4 is 0 Å². The minimum atomic E-state index is -1.96. The van der Waals surface area contributed by atoms with Crippen molar-refractivity contribution in [2.24, 2.45) is 47.3 Å². The summed E-state index contributed by atoms with van der Waals surface area (Å²) in [6.07, 6.45) is 2.01. The summed E-state index contributed by atoms with van der Waals surface area (Å²) in [7, 11) is 1.58. The number of carbonyl (C=O) groups is 1. The van der Waals surface area contributed by atoms with E-state index >= 15 is 0 Å². The van der Waals surface area contributed by atoms with Gasteiger partial charge in [0.1, 0.15) is 5.92 Å². The third-order valence-electron chi connectivity index (χ3n) is 15.3. The van der Waals surface area contributed by atoms with E-state index in [0.717, 1.165) is 25.7 Å². The van der Waals surface area contributed by atoms with Crippen molar-refractivity contribution < 1.29 is 58.4 Å². The molecule has 0 bridgehead atoms. The molecular formula is C41H70O12. The minimum absolute atomic E-state index is 0.0488. The third kappa shape index (κ3) is 7.16. The lowest BCUT2D eigenvalue weighted by Crippen LogP contribution is -2.65. The van der Waals surface area contributed by atoms with Gasteiger partial charge in [-0.3, -0.25) is 4.79 Å². The van der Waals surface area contributed by atoms with Gasteiger partial charge in [0.25, 0.3) is 0 Å². The Labute approximate surface area is 316 Å². The molecule has 306 valence electrons. The molecule has 6 aliphatic rings. The number of carboxylic acids is 1. The fourth-order valence-corrected chi connectivity index (χ4v) is 11.3. The van der Waals surface area contributed by atoms with Gasteiger partial charge >= 0.3 is 5.97 Å². The minimum Gasteiger partial charge on any atom is -0.481 e. The molecular weight excluding hydrogens is 684 g/mol. The first-order valence-electron chi connectivity index (χ1n) is 20.5. The van der Waals surface area contributed by atoms with Crippen LogP contribution in [0.2, 0.25) is 0 Å². The van der Waals surface area contributed by atoms with Crippen LogP contribution in [0, 0.1) is 47.3 Å². The lowest BCUT2D eigenvalue weighted by molar-refractivity contribution is -0.365. The van der Waals surface area contributed by atoms with Crippen LogP contribution in [0.3, 0.4) is 0 Å². The van der Waals surface area contributed by atoms with Crippen LogP contribution in [0.15, 0.2) is 0 Å². The van der Waals surface area contributed by atoms with Crippen LogP contribution in [0.5, 0.6) is 0 Å². The van der Waals surface area contributed by atoms with Crippen molar-refractivity contribution >= 4 is 5.97 Å². The molecule has 0 saturated carbocycles. The van der Waals surface area contributed by atoms with Crippen LogP contribution in [0.25, 0.3) is 0 Å². The first kappa shape index (κ1) is 41.7. The third-order valence-corrected chi connectivity index (χ3v) is 15.3. The standard InChI is InChI=1S/C41H70O12/c1-20-17-22(3)39(11,45)50-32(20)31-21(2)18-30(48-31)37(9)14-13-29(49-37)38(10)15-16-40(53-38)19-28(42)23(4)33(51-40)24(5)34-25(6)35(47-12)26(7)41(46,52-34)27(8)36(43)44/h20-35,42,45-46H,13-19H2,1-12H3,(H,43,44)/t20-,21-,22-,23-,24+,25-,26-,27-,28+,29-,30+,31+,32+,33-,34+,35+,37-,38+,39-,40+,41+/m0/s1. The molecule has 6 fully saturated rings. The SMILES string of the molecule is CO[C@@H]1[C@@H](C)[C@@H]([C@H](C)[C@H]2O[C@@]3(CC[C@](C)([C@@H]4CC[C@@](C)([C@H]5C[C@H](C)[C@H]([C@@H]6O[C@](C)(O)[C@@H](C)C[C@@H]6C)O5)O4)O3)C[C@@H](O)[C@@H]2C)O[C@@](O)([C@@H](C)C(=O)O)[C@H]1C. The number of carboxylic acid groups (broad SMARTS) is 1. The van der Waals surface area contributed by atoms with Gasteiger partial charge in [-0.1, -0.05) is 48.5 Å². The Morgan fingerprint density at radius 2 is 1.43 bits per heavy atom. The van der Waals surface area contributed by atoms with Gasteiger partial charge in [0.05, 0.1) is 60.0 Å². The molecule has 0 aromatic rings. The molecule has 4 N–H and O–H groups in total. The summed E-state index contributed by atoms with van der Waals surface area (Å²) >= 11 is 0. The normalized spacial score (nSPS) is 56.1. The highest BCUT2D eigenvalue weighted by molar-refractivity contribution is 5.70. The number of methoxy groups -OCH3 is 1. The molecule has 12 heteroatoms. The highest BCUT2D eigenvalue weighted by atomic mass is 16.7. The Morgan fingerprint density at radius 3 is 2.08 bits per heavy atom. The molecule has 0 radical (unpaired) electrons. The molecule has 6 heterocycles. The Hall–Kier alpha value is -0.930. The van der Waals surface area contributed by atoms with Crippen molar-refractivity contribution in [2.45, 2.75) is 199 Å². The van der Waals surface area contributed by atoms with Crippen LogP contribution in [0.1, 0.15) is 121 Å². The molecule has 21 atom stereocenters. The summed E-state index contributed by atoms with van der Waals surface area (Å²) in [4.78, 5) is 12.1. The first-order chi connectivity index (χ1) is 24.5. The summed E-state index contributed by atoms with van der Waals surface area (Å²) in [5.74, 6) is -7.36. The van der Waals surface area contributed by atoms with E-state index in [9.17, 15) is 25.2 Å². The predicted molar refractivity (Wildman–Crippen MR) is 194 cm³/mol. The predicted octanol–water partition coefficient (Wildman–Crippen LogP) is 5.27. The second kappa shape index (κ2) is 14.5. The van der Waals surface area contributed by atoms with Crippen LogP contribution >= 0.6 is 0 Å². The number of aliphatic hydroxyl groups excluding tert-OH is 1. The average molecular weight is 755 g/mol. The van der Waals surface area contributed by atoms with E-state index in [2.05, 4.69) is 27.7 Å². The second-order valence-electron chi connectivity index (χ2n) is 19.2. The van der Waals surface area contributed by atoms with Gasteiger partial charge in [-0.25, -0.2) is 0 Å². The molecule has 53 heavy (non-hydrogen) atoms. The van der Waals surface area contributed by atoms with Gasteiger partial charge in [-0.15, -0.1) is 0 Å². The molecule has 1 spiro atoms. The molecule has 0 aliphatic carbocycles. The molecule has 6 aliphatic heterocycles. The molecule has 0 aromatic carbocycles. The second-order valence-corrected chi connectivity index (χ2v) is 19.2. The van der Waals surface area contributed by atoms with Gasteiger partial charge < -0.3 is 53.6 Å². The van der Waals surface area contributed by atoms with Gasteiger partial charge in [-0.2, -0.15) is 0 Å². The largest absolute Gasteiger partial charge is 0.481 e. The molecule has 0 unspecified atom stereocenters. The average Bonchev–Trinajstić information content (AvgIpc) is 3.78. The number of aliphatic hydroxyl groups is 3. The van der Waals surface area contributed by atoms with E-state index in [4.69, 9.17) is 33.2 Å². The van der Waals surface area contributed by atoms with E-state index in [1.807, 2.05) is 27.7 Å². The Kier molecular flexibility index (Phi) is 11.4. The van der Waals surface area contributed by atoms with Crippen LogP contribution in [-0.2, 0) is 38.0 Å². The molecule has 6 rings (SSSR count). The lowest BCUT2D eigenvalue weighted by Gasteiger charge is -2.54. The monoisotopic (exact) mass is 754 g/mol. The van der Waals surface area contributed by atoms with E-state index in [1.54, 1.807) is 21.0 Å². The number of hydrogen-bond donors (Lipinski definition) is 4. The van der Waals surface area contributed by atoms with E-state index in [0.29, 0.717) is 19.3 Å². The van der Waals surface area contributed by atoms with E-state index < -0.39 is 70.8 Å². The Morgan fingerprint density at radius 1 is 0.792 bits per heavy atom. The molecule has 6 saturated heterocycles. The van der Waals surface area contributed by atoms with Gasteiger partial charge in [0.15, 0.2) is 17.4 Å². The molecule has 0 aromatic heterocycles. The Balaban J connectivity index is 1.15. The molecule has 0 amide bonds. The first-order valence-corrected chi connectivity index (χ1v) is 20.5. The fraction of sp³-hybridized carbons (Fsp3) is 0.976. The number of aliphatic carboxylic acids is 1. The summed E-state index contributed by atoms with van der Waals surface area (Å²) < 4.78 is 46.3. The lowest BCUT2D eigenvalue weighted by atomic mass is 9.71. The quantitative estimate of drug-likeness (QED) is 0.255. The molecule has 12 nitrogen and oxygen atoms in total. The zero-order chi connectivity index (χ0) is 39.2. The number of rotatable bonds is 8. The van der Waals surface area contributed by atoms with E-state index in [1.165, 1.54) is 6.92 Å². The number of hydrogen-bond acceptors (Lipinski definition) is 11. The van der Waals surface area contributed by atoms with Gasteiger partial charge in [0.2, 0.25) is 0 Å². The summed E-state index contributed by atoms with van der Waals surface area (Å²) in [6.45, 7) is 21.6. The zero-order valence-electron chi connectivity index (χ0n) is 34.2. The summed E-state index contributed by atoms with van der Waals surface area (Å²) in [5.41, 5.74) is -1.18. The maximum atomic E-state index is 12.1. The summed E-state index contributed by atoms with van der Waals surface area (Å²) in [5, 5.41) is 44.1. The topological polar surface area (TPSA) is 163 Å². The van der Waals surface area contributed by atoms with Crippen molar-refractivity contribution in [3.63, 3.8) is 0 Å². The number of ether oxygens (including phenoxy) is 7. The summed E-state index contributed by atoms with van der Waals surface area (Å²) in [6, 6.07) is 0. The van der Waals surface area contributed by atoms with Gasteiger partial charge in [0, 0.05) is 49.5 Å². The van der Waals surface area contributed by atoms with Crippen LogP contribution in [0.4, 0.5) is 0 Å². The Bertz CT molecular complexity index is 1330.